The fraction of sp³-hybridized carbons (Fsp3) is 0.529. The zero-order valence-corrected chi connectivity index (χ0v) is 15.0. The molecule has 0 saturated carbocycles. The van der Waals surface area contributed by atoms with Gasteiger partial charge in [0.25, 0.3) is 0 Å². The van der Waals surface area contributed by atoms with E-state index < -0.39 is 0 Å². The monoisotopic (exact) mass is 357 g/mol. The van der Waals surface area contributed by atoms with E-state index in [1.807, 2.05) is 31.1 Å². The highest BCUT2D eigenvalue weighted by Crippen LogP contribution is 2.29. The second-order valence-electron chi connectivity index (χ2n) is 7.01. The maximum absolute atomic E-state index is 13.0. The van der Waals surface area contributed by atoms with Gasteiger partial charge in [0, 0.05) is 58.6 Å². The zero-order valence-electron chi connectivity index (χ0n) is 15.0. The Morgan fingerprint density at radius 2 is 2.08 bits per heavy atom. The van der Waals surface area contributed by atoms with E-state index in [1.165, 1.54) is 0 Å². The van der Waals surface area contributed by atoms with Gasteiger partial charge in [0.15, 0.2) is 0 Å². The third-order valence-corrected chi connectivity index (χ3v) is 5.17. The lowest BCUT2D eigenvalue weighted by molar-refractivity contribution is -0.140. The standard InChI is InChI=1S/C17H23N7O2/c1-21-9-15(19-11-21)13-6-18-7-14(13)17(26)23-3-4-24(16(25)10-23)12-5-20-22(2)8-12/h5,8-9,11,13-14,18H,3-4,6-7,10H2,1-2H3/t13-,14-/m1/s1. The maximum Gasteiger partial charge on any atom is 0.246 e. The first-order chi connectivity index (χ1) is 12.5. The molecule has 1 N–H and O–H groups in total. The molecule has 2 atom stereocenters. The van der Waals surface area contributed by atoms with Crippen molar-refractivity contribution >= 4 is 17.5 Å². The molecular formula is C17H23N7O2. The van der Waals surface area contributed by atoms with Crippen LogP contribution in [0, 0.1) is 5.92 Å². The number of amides is 2. The van der Waals surface area contributed by atoms with Crippen molar-refractivity contribution < 1.29 is 9.59 Å². The van der Waals surface area contributed by atoms with Crippen LogP contribution >= 0.6 is 0 Å². The van der Waals surface area contributed by atoms with Gasteiger partial charge in [-0.15, -0.1) is 0 Å². The molecule has 0 spiro atoms. The number of aromatic nitrogens is 4. The summed E-state index contributed by atoms with van der Waals surface area (Å²) in [5, 5.41) is 7.41. The highest BCUT2D eigenvalue weighted by Gasteiger charge is 2.39. The topological polar surface area (TPSA) is 88.3 Å². The zero-order chi connectivity index (χ0) is 18.3. The summed E-state index contributed by atoms with van der Waals surface area (Å²) in [5.74, 6) is -0.166. The molecule has 4 heterocycles. The Bertz CT molecular complexity index is 827. The number of rotatable bonds is 3. The van der Waals surface area contributed by atoms with Gasteiger partial charge in [0.1, 0.15) is 6.54 Å². The molecule has 2 aliphatic rings. The summed E-state index contributed by atoms with van der Waals surface area (Å²) in [7, 11) is 3.74. The third kappa shape index (κ3) is 2.98. The number of imidazole rings is 1. The average Bonchev–Trinajstić information content (AvgIpc) is 3.34. The molecule has 0 aliphatic carbocycles. The van der Waals surface area contributed by atoms with Gasteiger partial charge in [0.2, 0.25) is 11.8 Å². The summed E-state index contributed by atoms with van der Waals surface area (Å²) in [6.07, 6.45) is 7.20. The molecule has 2 fully saturated rings. The summed E-state index contributed by atoms with van der Waals surface area (Å²) in [6, 6.07) is 0. The minimum Gasteiger partial charge on any atom is -0.340 e. The van der Waals surface area contributed by atoms with Gasteiger partial charge < -0.3 is 19.7 Å². The van der Waals surface area contributed by atoms with Crippen LogP contribution < -0.4 is 10.2 Å². The predicted molar refractivity (Wildman–Crippen MR) is 94.4 cm³/mol. The molecule has 26 heavy (non-hydrogen) atoms. The van der Waals surface area contributed by atoms with Crippen molar-refractivity contribution in [1.29, 1.82) is 0 Å². The summed E-state index contributed by atoms with van der Waals surface area (Å²) in [6.45, 7) is 2.49. The first-order valence-corrected chi connectivity index (χ1v) is 8.79. The number of carbonyl (C=O) groups is 2. The molecule has 2 aromatic rings. The minimum atomic E-state index is -0.178. The Balaban J connectivity index is 1.45. The molecule has 9 nitrogen and oxygen atoms in total. The average molecular weight is 357 g/mol. The highest BCUT2D eigenvalue weighted by molar-refractivity contribution is 5.98. The summed E-state index contributed by atoms with van der Waals surface area (Å²) in [4.78, 5) is 33.4. The first kappa shape index (κ1) is 16.8. The molecule has 2 aromatic heterocycles. The molecule has 0 unspecified atom stereocenters. The minimum absolute atomic E-state index is 0.0323. The molecule has 2 aliphatic heterocycles. The first-order valence-electron chi connectivity index (χ1n) is 8.79. The molecule has 9 heteroatoms. The Labute approximate surface area is 151 Å². The van der Waals surface area contributed by atoms with Crippen molar-refractivity contribution in [3.8, 4) is 0 Å². The van der Waals surface area contributed by atoms with E-state index in [2.05, 4.69) is 15.4 Å². The summed E-state index contributed by atoms with van der Waals surface area (Å²) in [5.41, 5.74) is 1.70. The second-order valence-corrected chi connectivity index (χ2v) is 7.01. The van der Waals surface area contributed by atoms with Gasteiger partial charge in [-0.05, 0) is 0 Å². The van der Waals surface area contributed by atoms with Crippen LogP contribution in [0.4, 0.5) is 5.69 Å². The quantitative estimate of drug-likeness (QED) is 0.787. The number of anilines is 1. The molecule has 0 radical (unpaired) electrons. The number of nitrogens with zero attached hydrogens (tertiary/aromatic N) is 6. The van der Waals surface area contributed by atoms with Gasteiger partial charge in [-0.25, -0.2) is 4.98 Å². The van der Waals surface area contributed by atoms with Crippen LogP contribution in [0.15, 0.2) is 24.9 Å². The van der Waals surface area contributed by atoms with Crippen molar-refractivity contribution in [3.05, 3.63) is 30.6 Å². The van der Waals surface area contributed by atoms with Crippen molar-refractivity contribution in [1.82, 2.24) is 29.5 Å². The Morgan fingerprint density at radius 1 is 1.23 bits per heavy atom. The van der Waals surface area contributed by atoms with Gasteiger partial charge in [-0.1, -0.05) is 0 Å². The molecular weight excluding hydrogens is 334 g/mol. The van der Waals surface area contributed by atoms with Gasteiger partial charge >= 0.3 is 0 Å². The van der Waals surface area contributed by atoms with Crippen molar-refractivity contribution in [2.45, 2.75) is 5.92 Å². The Hall–Kier alpha value is -2.68. The van der Waals surface area contributed by atoms with E-state index in [-0.39, 0.29) is 30.2 Å². The van der Waals surface area contributed by atoms with Crippen LogP contribution in [-0.4, -0.2) is 68.8 Å². The largest absolute Gasteiger partial charge is 0.340 e. The van der Waals surface area contributed by atoms with Gasteiger partial charge in [0.05, 0.1) is 29.8 Å². The molecule has 138 valence electrons. The van der Waals surface area contributed by atoms with E-state index in [4.69, 9.17) is 0 Å². The number of nitrogens with one attached hydrogen (secondary N) is 1. The lowest BCUT2D eigenvalue weighted by Crippen LogP contribution is -2.54. The van der Waals surface area contributed by atoms with Gasteiger partial charge in [-0.2, -0.15) is 5.10 Å². The predicted octanol–water partition coefficient (Wildman–Crippen LogP) is -0.668. The summed E-state index contributed by atoms with van der Waals surface area (Å²) < 4.78 is 3.56. The molecule has 0 aromatic carbocycles. The number of aryl methyl sites for hydroxylation is 2. The highest BCUT2D eigenvalue weighted by atomic mass is 16.2. The molecule has 2 saturated heterocycles. The normalized spacial score (nSPS) is 23.7. The van der Waals surface area contributed by atoms with Crippen molar-refractivity contribution in [2.75, 3.05) is 37.6 Å². The van der Waals surface area contributed by atoms with Crippen molar-refractivity contribution in [2.24, 2.45) is 20.0 Å². The van der Waals surface area contributed by atoms with E-state index in [1.54, 1.807) is 27.0 Å². The Kier molecular flexibility index (Phi) is 4.23. The van der Waals surface area contributed by atoms with Crippen LogP contribution in [0.5, 0.6) is 0 Å². The smallest absolute Gasteiger partial charge is 0.246 e. The molecule has 2 amide bonds. The fourth-order valence-corrected chi connectivity index (χ4v) is 3.79. The van der Waals surface area contributed by atoms with E-state index in [9.17, 15) is 9.59 Å². The lowest BCUT2D eigenvalue weighted by atomic mass is 9.91. The summed E-state index contributed by atoms with van der Waals surface area (Å²) >= 11 is 0. The third-order valence-electron chi connectivity index (χ3n) is 5.17. The lowest BCUT2D eigenvalue weighted by Gasteiger charge is -2.35. The van der Waals surface area contributed by atoms with Crippen LogP contribution in [-0.2, 0) is 23.7 Å². The van der Waals surface area contributed by atoms with Crippen LogP contribution in [0.25, 0.3) is 0 Å². The molecule has 0 bridgehead atoms. The van der Waals surface area contributed by atoms with Gasteiger partial charge in [-0.3, -0.25) is 14.3 Å². The SMILES string of the molecule is Cn1cnc([C@@H]2CNC[C@H]2C(=O)N2CCN(c3cnn(C)c3)C(=O)C2)c1. The van der Waals surface area contributed by atoms with Crippen LogP contribution in [0.1, 0.15) is 11.6 Å². The second kappa shape index (κ2) is 6.56. The maximum atomic E-state index is 13.0. The number of piperazine rings is 1. The van der Waals surface area contributed by atoms with E-state index >= 15 is 0 Å². The van der Waals surface area contributed by atoms with Crippen LogP contribution in [0.2, 0.25) is 0 Å². The van der Waals surface area contributed by atoms with Crippen molar-refractivity contribution in [3.63, 3.8) is 0 Å². The Morgan fingerprint density at radius 3 is 2.73 bits per heavy atom. The number of hydrogen-bond acceptors (Lipinski definition) is 5. The van der Waals surface area contributed by atoms with E-state index in [0.29, 0.717) is 19.6 Å². The van der Waals surface area contributed by atoms with E-state index in [0.717, 1.165) is 17.9 Å². The number of carbonyl (C=O) groups excluding carboxylic acids is 2. The number of hydrogen-bond donors (Lipinski definition) is 1. The molecule has 4 rings (SSSR count). The van der Waals surface area contributed by atoms with Crippen LogP contribution in [0.3, 0.4) is 0 Å². The fourth-order valence-electron chi connectivity index (χ4n) is 3.79.